The summed E-state index contributed by atoms with van der Waals surface area (Å²) < 4.78 is 2.21. The molecule has 3 rings (SSSR count). The van der Waals surface area contributed by atoms with Crippen LogP contribution in [0.5, 0.6) is 0 Å². The largest absolute Gasteiger partial charge is 0.478 e. The second kappa shape index (κ2) is 5.48. The van der Waals surface area contributed by atoms with E-state index in [4.69, 9.17) is 0 Å². The molecule has 1 fully saturated rings. The third-order valence-electron chi connectivity index (χ3n) is 4.33. The van der Waals surface area contributed by atoms with Crippen molar-refractivity contribution in [1.29, 1.82) is 0 Å². The van der Waals surface area contributed by atoms with Gasteiger partial charge in [0.2, 0.25) is 0 Å². The lowest BCUT2D eigenvalue weighted by Gasteiger charge is -2.14. The molecule has 5 heteroatoms. The topological polar surface area (TPSA) is 58.4 Å². The van der Waals surface area contributed by atoms with Gasteiger partial charge in [0.15, 0.2) is 0 Å². The summed E-state index contributed by atoms with van der Waals surface area (Å²) >= 11 is 0. The quantitative estimate of drug-likeness (QED) is 0.937. The molecule has 0 spiro atoms. The molecule has 112 valence electrons. The summed E-state index contributed by atoms with van der Waals surface area (Å²) in [5.74, 6) is 0.688. The summed E-state index contributed by atoms with van der Waals surface area (Å²) in [5, 5.41) is 9.32. The fraction of sp³-hybridized carbons (Fsp3) is 0.500. The second-order valence-corrected chi connectivity index (χ2v) is 5.89. The molecule has 1 aliphatic heterocycles. The van der Waals surface area contributed by atoms with Crippen LogP contribution in [-0.2, 0) is 13.0 Å². The van der Waals surface area contributed by atoms with Crippen molar-refractivity contribution in [3.63, 3.8) is 0 Å². The van der Waals surface area contributed by atoms with E-state index in [2.05, 4.69) is 28.4 Å². The number of likely N-dealkylation sites (tertiary alicyclic amines) is 1. The lowest BCUT2D eigenvalue weighted by atomic mass is 10.1. The van der Waals surface area contributed by atoms with Gasteiger partial charge in [0, 0.05) is 19.5 Å². The first-order valence-corrected chi connectivity index (χ1v) is 7.50. The minimum atomic E-state index is -0.909. The van der Waals surface area contributed by atoms with Gasteiger partial charge in [-0.15, -0.1) is 0 Å². The van der Waals surface area contributed by atoms with Crippen molar-refractivity contribution in [3.05, 3.63) is 29.6 Å². The molecular formula is C16H21N3O2. The van der Waals surface area contributed by atoms with E-state index in [9.17, 15) is 9.90 Å². The van der Waals surface area contributed by atoms with Gasteiger partial charge < -0.3 is 14.6 Å². The number of carboxylic acid groups (broad SMARTS) is 1. The van der Waals surface area contributed by atoms with Crippen LogP contribution in [0.25, 0.3) is 11.0 Å². The molecule has 0 amide bonds. The van der Waals surface area contributed by atoms with E-state index in [0.717, 1.165) is 37.4 Å². The Hall–Kier alpha value is -1.88. The predicted octanol–water partition coefficient (Wildman–Crippen LogP) is 2.25. The maximum Gasteiger partial charge on any atom is 0.337 e. The molecule has 2 aromatic rings. The summed E-state index contributed by atoms with van der Waals surface area (Å²) in [6.07, 6.45) is 2.01. The fourth-order valence-corrected chi connectivity index (χ4v) is 3.27. The van der Waals surface area contributed by atoms with Crippen LogP contribution >= 0.6 is 0 Å². The number of aryl methyl sites for hydroxylation is 1. The first kappa shape index (κ1) is 14.1. The normalized spacial score (nSPS) is 19.4. The Bertz CT molecular complexity index is 677. The third-order valence-corrected chi connectivity index (χ3v) is 4.33. The molecule has 1 saturated heterocycles. The van der Waals surface area contributed by atoms with Gasteiger partial charge in [0.05, 0.1) is 11.1 Å². The highest BCUT2D eigenvalue weighted by Crippen LogP contribution is 2.24. The molecule has 1 atom stereocenters. The predicted molar refractivity (Wildman–Crippen MR) is 81.7 cm³/mol. The molecule has 0 saturated carbocycles. The van der Waals surface area contributed by atoms with Gasteiger partial charge in [0.25, 0.3) is 0 Å². The second-order valence-electron chi connectivity index (χ2n) is 5.89. The zero-order chi connectivity index (χ0) is 15.0. The minimum absolute atomic E-state index is 0.296. The van der Waals surface area contributed by atoms with Gasteiger partial charge >= 0.3 is 5.97 Å². The molecule has 2 heterocycles. The maximum atomic E-state index is 11.4. The lowest BCUT2D eigenvalue weighted by molar-refractivity contribution is 0.0699. The summed E-state index contributed by atoms with van der Waals surface area (Å²) in [6, 6.07) is 5.42. The SMILES string of the molecule is CCc1nc2c(C(=O)O)cccc2n1CC1CCN(C)C1. The van der Waals surface area contributed by atoms with Gasteiger partial charge in [-0.05, 0) is 38.1 Å². The number of benzene rings is 1. The Balaban J connectivity index is 2.04. The van der Waals surface area contributed by atoms with Gasteiger partial charge in [-0.3, -0.25) is 0 Å². The molecule has 1 unspecified atom stereocenters. The molecule has 0 bridgehead atoms. The number of carboxylic acids is 1. The number of hydrogen-bond donors (Lipinski definition) is 1. The van der Waals surface area contributed by atoms with Crippen LogP contribution in [-0.4, -0.2) is 45.7 Å². The van der Waals surface area contributed by atoms with Gasteiger partial charge in [-0.2, -0.15) is 0 Å². The first-order valence-electron chi connectivity index (χ1n) is 7.50. The van der Waals surface area contributed by atoms with E-state index >= 15 is 0 Å². The lowest BCUT2D eigenvalue weighted by Crippen LogP contribution is -2.18. The Morgan fingerprint density at radius 3 is 2.90 bits per heavy atom. The van der Waals surface area contributed by atoms with Crippen LogP contribution in [0.4, 0.5) is 0 Å². The number of rotatable bonds is 4. The minimum Gasteiger partial charge on any atom is -0.478 e. The Kier molecular flexibility index (Phi) is 3.68. The van der Waals surface area contributed by atoms with Crippen molar-refractivity contribution in [2.75, 3.05) is 20.1 Å². The molecule has 0 aliphatic carbocycles. The van der Waals surface area contributed by atoms with E-state index in [1.807, 2.05) is 12.1 Å². The standard InChI is InChI=1S/C16H21N3O2/c1-3-14-17-15-12(16(20)21)5-4-6-13(15)19(14)10-11-7-8-18(2)9-11/h4-6,11H,3,7-10H2,1-2H3,(H,20,21). The Morgan fingerprint density at radius 2 is 2.29 bits per heavy atom. The summed E-state index contributed by atoms with van der Waals surface area (Å²) in [4.78, 5) is 18.3. The number of aromatic nitrogens is 2. The number of hydrogen-bond acceptors (Lipinski definition) is 3. The average Bonchev–Trinajstić information content (AvgIpc) is 3.03. The zero-order valence-electron chi connectivity index (χ0n) is 12.5. The number of fused-ring (bicyclic) bond motifs is 1. The van der Waals surface area contributed by atoms with Crippen LogP contribution in [0.3, 0.4) is 0 Å². The van der Waals surface area contributed by atoms with E-state index in [-0.39, 0.29) is 0 Å². The van der Waals surface area contributed by atoms with Crippen molar-refractivity contribution in [2.45, 2.75) is 26.3 Å². The molecule has 0 radical (unpaired) electrons. The molecule has 1 aromatic carbocycles. The van der Waals surface area contributed by atoms with Crippen molar-refractivity contribution in [3.8, 4) is 0 Å². The van der Waals surface area contributed by atoms with E-state index in [0.29, 0.717) is 17.0 Å². The van der Waals surface area contributed by atoms with Crippen LogP contribution in [0.2, 0.25) is 0 Å². The molecule has 5 nitrogen and oxygen atoms in total. The van der Waals surface area contributed by atoms with Crippen LogP contribution in [0.15, 0.2) is 18.2 Å². The number of imidazole rings is 1. The van der Waals surface area contributed by atoms with Crippen molar-refractivity contribution < 1.29 is 9.90 Å². The van der Waals surface area contributed by atoms with Crippen LogP contribution in [0, 0.1) is 5.92 Å². The maximum absolute atomic E-state index is 11.4. The molecule has 1 N–H and O–H groups in total. The zero-order valence-corrected chi connectivity index (χ0v) is 12.5. The van der Waals surface area contributed by atoms with Gasteiger partial charge in [-0.25, -0.2) is 9.78 Å². The molecule has 21 heavy (non-hydrogen) atoms. The molecule has 1 aromatic heterocycles. The number of para-hydroxylation sites is 1. The number of carbonyl (C=O) groups is 1. The third kappa shape index (κ3) is 2.53. The highest BCUT2D eigenvalue weighted by Gasteiger charge is 2.23. The Morgan fingerprint density at radius 1 is 1.48 bits per heavy atom. The van der Waals surface area contributed by atoms with E-state index in [1.54, 1.807) is 6.07 Å². The highest BCUT2D eigenvalue weighted by atomic mass is 16.4. The van der Waals surface area contributed by atoms with Crippen molar-refractivity contribution in [1.82, 2.24) is 14.5 Å². The van der Waals surface area contributed by atoms with Crippen LogP contribution in [0.1, 0.15) is 29.5 Å². The fourth-order valence-electron chi connectivity index (χ4n) is 3.27. The molecular weight excluding hydrogens is 266 g/mol. The van der Waals surface area contributed by atoms with E-state index < -0.39 is 5.97 Å². The number of aromatic carboxylic acids is 1. The summed E-state index contributed by atoms with van der Waals surface area (Å²) in [7, 11) is 2.15. The number of nitrogens with zero attached hydrogens (tertiary/aromatic N) is 3. The first-order chi connectivity index (χ1) is 10.1. The van der Waals surface area contributed by atoms with Gasteiger partial charge in [0.1, 0.15) is 11.3 Å². The smallest absolute Gasteiger partial charge is 0.337 e. The van der Waals surface area contributed by atoms with Crippen molar-refractivity contribution >= 4 is 17.0 Å². The highest BCUT2D eigenvalue weighted by molar-refractivity contribution is 6.01. The van der Waals surface area contributed by atoms with Crippen molar-refractivity contribution in [2.24, 2.45) is 5.92 Å². The average molecular weight is 287 g/mol. The van der Waals surface area contributed by atoms with Gasteiger partial charge in [-0.1, -0.05) is 13.0 Å². The Labute approximate surface area is 124 Å². The van der Waals surface area contributed by atoms with Crippen LogP contribution < -0.4 is 0 Å². The molecule has 1 aliphatic rings. The summed E-state index contributed by atoms with van der Waals surface area (Å²) in [6.45, 7) is 5.23. The van der Waals surface area contributed by atoms with E-state index in [1.165, 1.54) is 6.42 Å². The monoisotopic (exact) mass is 287 g/mol. The summed E-state index contributed by atoms with van der Waals surface area (Å²) in [5.41, 5.74) is 1.86.